The van der Waals surface area contributed by atoms with Gasteiger partial charge in [-0.25, -0.2) is 0 Å². The van der Waals surface area contributed by atoms with Gasteiger partial charge >= 0.3 is 5.97 Å². The van der Waals surface area contributed by atoms with E-state index in [1.165, 1.54) is 15.5 Å². The molecule has 1 aromatic carbocycles. The van der Waals surface area contributed by atoms with E-state index >= 15 is 0 Å². The second kappa shape index (κ2) is 8.34. The molecule has 0 amide bonds. The smallest absolute Gasteiger partial charge is 0.312 e. The molecule has 3 aromatic heterocycles. The summed E-state index contributed by atoms with van der Waals surface area (Å²) in [5, 5.41) is 13.0. The first-order valence-electron chi connectivity index (χ1n) is 8.69. The molecule has 0 spiro atoms. The zero-order valence-corrected chi connectivity index (χ0v) is 17.8. The number of carbonyl (C=O) groups excluding carboxylic acids is 1. The number of fused-ring (bicyclic) bond motifs is 1. The minimum atomic E-state index is -0.281. The molecule has 4 rings (SSSR count). The normalized spacial score (nSPS) is 11.1. The predicted octanol–water partition coefficient (Wildman–Crippen LogP) is 5.00. The van der Waals surface area contributed by atoms with E-state index in [-0.39, 0.29) is 12.4 Å². The van der Waals surface area contributed by atoms with E-state index < -0.39 is 0 Å². The third kappa shape index (κ3) is 4.06. The number of anilines is 1. The fourth-order valence-electron chi connectivity index (χ4n) is 2.79. The number of nitrogens with zero attached hydrogens (tertiary/aromatic N) is 3. The molecule has 4 aromatic rings. The number of aromatic amines is 1. The van der Waals surface area contributed by atoms with Crippen molar-refractivity contribution >= 4 is 57.2 Å². The van der Waals surface area contributed by atoms with Crippen LogP contribution >= 0.6 is 34.6 Å². The zero-order chi connectivity index (χ0) is 19.5. The third-order valence-corrected chi connectivity index (χ3v) is 6.91. The Morgan fingerprint density at radius 1 is 1.29 bits per heavy atom. The van der Waals surface area contributed by atoms with Crippen molar-refractivity contribution in [1.82, 2.24) is 15.2 Å². The zero-order valence-electron chi connectivity index (χ0n) is 15.3. The van der Waals surface area contributed by atoms with Crippen LogP contribution in [0.4, 0.5) is 5.69 Å². The van der Waals surface area contributed by atoms with E-state index in [1.807, 2.05) is 6.07 Å². The summed E-state index contributed by atoms with van der Waals surface area (Å²) in [5.74, 6) is -0.281. The molecule has 0 fully saturated rings. The third-order valence-electron chi connectivity index (χ3n) is 3.99. The van der Waals surface area contributed by atoms with Crippen LogP contribution in [0.1, 0.15) is 11.9 Å². The van der Waals surface area contributed by atoms with Crippen molar-refractivity contribution in [3.8, 4) is 10.7 Å². The summed E-state index contributed by atoms with van der Waals surface area (Å²) in [7, 11) is 2.06. The van der Waals surface area contributed by atoms with Crippen LogP contribution in [0.3, 0.4) is 0 Å². The first kappa shape index (κ1) is 19.0. The molecule has 0 saturated heterocycles. The summed E-state index contributed by atoms with van der Waals surface area (Å²) in [6, 6.07) is 12.4. The minimum Gasteiger partial charge on any atom is -0.466 e. The second-order valence-electron chi connectivity index (χ2n) is 5.93. The predicted molar refractivity (Wildman–Crippen MR) is 116 cm³/mol. The highest BCUT2D eigenvalue weighted by molar-refractivity contribution is 8.02. The Hall–Kier alpha value is -2.36. The van der Waals surface area contributed by atoms with Gasteiger partial charge in [0.05, 0.1) is 34.1 Å². The number of esters is 1. The van der Waals surface area contributed by atoms with Crippen molar-refractivity contribution in [1.29, 1.82) is 0 Å². The van der Waals surface area contributed by atoms with Gasteiger partial charge in [0, 0.05) is 12.4 Å². The molecule has 0 atom stereocenters. The molecule has 28 heavy (non-hydrogen) atoms. The average Bonchev–Trinajstić information content (AvgIpc) is 3.41. The van der Waals surface area contributed by atoms with E-state index in [0.717, 1.165) is 27.3 Å². The molecule has 0 saturated carbocycles. The quantitative estimate of drug-likeness (QED) is 0.329. The molecule has 9 heteroatoms. The topological polar surface area (TPSA) is 71.1 Å². The van der Waals surface area contributed by atoms with Crippen LogP contribution in [-0.4, -0.2) is 34.8 Å². The summed E-state index contributed by atoms with van der Waals surface area (Å²) in [6.07, 6.45) is 0.150. The molecule has 0 aliphatic carbocycles. The molecule has 0 aliphatic heterocycles. The fraction of sp³-hybridized carbons (Fsp3) is 0.211. The van der Waals surface area contributed by atoms with Crippen molar-refractivity contribution < 1.29 is 9.53 Å². The number of benzene rings is 1. The van der Waals surface area contributed by atoms with E-state index in [1.54, 1.807) is 30.2 Å². The Morgan fingerprint density at radius 2 is 2.18 bits per heavy atom. The maximum atomic E-state index is 11.7. The van der Waals surface area contributed by atoms with Gasteiger partial charge in [-0.3, -0.25) is 4.79 Å². The average molecular weight is 431 g/mol. The van der Waals surface area contributed by atoms with Gasteiger partial charge in [-0.05, 0) is 42.5 Å². The van der Waals surface area contributed by atoms with Crippen LogP contribution in [0.5, 0.6) is 0 Å². The number of hydrogen-bond donors (Lipinski definition) is 1. The summed E-state index contributed by atoms with van der Waals surface area (Å²) in [6.45, 7) is 2.16. The van der Waals surface area contributed by atoms with Crippen LogP contribution in [0.25, 0.3) is 21.6 Å². The van der Waals surface area contributed by atoms with Gasteiger partial charge in [0.1, 0.15) is 5.01 Å². The standard InChI is InChI=1S/C19H18N4O2S3/c1-3-25-16(24)11-15-21-22-19(27-15)13-10-12-6-4-7-14(18(12)20-13)23(2)28-17-8-5-9-26-17/h4-10,20H,3,11H2,1-2H3. The van der Waals surface area contributed by atoms with E-state index in [0.29, 0.717) is 11.6 Å². The lowest BCUT2D eigenvalue weighted by atomic mass is 10.2. The maximum absolute atomic E-state index is 11.7. The lowest BCUT2D eigenvalue weighted by molar-refractivity contribution is -0.142. The monoisotopic (exact) mass is 430 g/mol. The Morgan fingerprint density at radius 3 is 2.96 bits per heavy atom. The Bertz CT molecular complexity index is 1090. The first-order chi connectivity index (χ1) is 13.6. The van der Waals surface area contributed by atoms with Gasteiger partial charge < -0.3 is 14.0 Å². The van der Waals surface area contributed by atoms with Gasteiger partial charge in [-0.1, -0.05) is 29.5 Å². The largest absolute Gasteiger partial charge is 0.466 e. The van der Waals surface area contributed by atoms with Gasteiger partial charge in [0.25, 0.3) is 0 Å². The number of carbonyl (C=O) groups is 1. The molecular formula is C19H18N4O2S3. The number of hydrogen-bond acceptors (Lipinski definition) is 8. The number of rotatable bonds is 7. The maximum Gasteiger partial charge on any atom is 0.312 e. The minimum absolute atomic E-state index is 0.150. The van der Waals surface area contributed by atoms with Crippen molar-refractivity contribution in [2.24, 2.45) is 0 Å². The molecule has 144 valence electrons. The molecular weight excluding hydrogens is 412 g/mol. The summed E-state index contributed by atoms with van der Waals surface area (Å²) in [4.78, 5) is 15.1. The molecule has 0 bridgehead atoms. The van der Waals surface area contributed by atoms with Crippen molar-refractivity contribution in [2.75, 3.05) is 18.0 Å². The Kier molecular flexibility index (Phi) is 5.65. The van der Waals surface area contributed by atoms with Crippen molar-refractivity contribution in [2.45, 2.75) is 17.6 Å². The number of nitrogens with one attached hydrogen (secondary N) is 1. The van der Waals surface area contributed by atoms with Gasteiger partial charge in [0.2, 0.25) is 0 Å². The van der Waals surface area contributed by atoms with Crippen molar-refractivity contribution in [3.05, 3.63) is 46.8 Å². The molecule has 0 radical (unpaired) electrons. The van der Waals surface area contributed by atoms with E-state index in [4.69, 9.17) is 4.74 Å². The summed E-state index contributed by atoms with van der Waals surface area (Å²) in [5.41, 5.74) is 3.04. The summed E-state index contributed by atoms with van der Waals surface area (Å²) >= 11 is 4.82. The lowest BCUT2D eigenvalue weighted by Gasteiger charge is -2.17. The number of thiophene rings is 1. The Labute approximate surface area is 174 Å². The molecule has 0 aliphatic rings. The SMILES string of the molecule is CCOC(=O)Cc1nnc(-c2cc3cccc(N(C)Sc4cccs4)c3[nH]2)s1. The molecule has 0 unspecified atom stereocenters. The van der Waals surface area contributed by atoms with Gasteiger partial charge in [-0.15, -0.1) is 21.5 Å². The fourth-order valence-corrected chi connectivity index (χ4v) is 5.37. The second-order valence-corrected chi connectivity index (χ2v) is 9.37. The lowest BCUT2D eigenvalue weighted by Crippen LogP contribution is -2.07. The van der Waals surface area contributed by atoms with Gasteiger partial charge in [-0.2, -0.15) is 0 Å². The van der Waals surface area contributed by atoms with Crippen LogP contribution in [-0.2, 0) is 16.0 Å². The summed E-state index contributed by atoms with van der Waals surface area (Å²) < 4.78 is 8.37. The van der Waals surface area contributed by atoms with Gasteiger partial charge in [0.15, 0.2) is 5.01 Å². The first-order valence-corrected chi connectivity index (χ1v) is 11.2. The van der Waals surface area contributed by atoms with Crippen LogP contribution in [0, 0.1) is 0 Å². The highest BCUT2D eigenvalue weighted by Crippen LogP contribution is 2.36. The van der Waals surface area contributed by atoms with E-state index in [2.05, 4.69) is 62.2 Å². The number of para-hydroxylation sites is 1. The Balaban J connectivity index is 1.60. The number of aromatic nitrogens is 3. The molecule has 3 heterocycles. The van der Waals surface area contributed by atoms with Crippen LogP contribution in [0.2, 0.25) is 0 Å². The molecule has 1 N–H and O–H groups in total. The van der Waals surface area contributed by atoms with Crippen molar-refractivity contribution in [3.63, 3.8) is 0 Å². The molecule has 6 nitrogen and oxygen atoms in total. The highest BCUT2D eigenvalue weighted by atomic mass is 32.2. The van der Waals surface area contributed by atoms with Crippen LogP contribution < -0.4 is 4.31 Å². The highest BCUT2D eigenvalue weighted by Gasteiger charge is 2.15. The van der Waals surface area contributed by atoms with Crippen LogP contribution in [0.15, 0.2) is 46.0 Å². The number of H-pyrrole nitrogens is 1. The number of ether oxygens (including phenoxy) is 1. The van der Waals surface area contributed by atoms with E-state index in [9.17, 15) is 4.79 Å².